The van der Waals surface area contributed by atoms with Crippen molar-refractivity contribution in [1.82, 2.24) is 0 Å². The molecule has 106 valence electrons. The third kappa shape index (κ3) is 5.15. The number of unbranched alkanes of at least 4 members (excludes halogenated alkanes) is 1. The van der Waals surface area contributed by atoms with Gasteiger partial charge in [0.1, 0.15) is 10.8 Å². The van der Waals surface area contributed by atoms with Gasteiger partial charge < -0.3 is 11.1 Å². The fraction of sp³-hybridized carbons (Fsp3) is 0.533. The van der Waals surface area contributed by atoms with E-state index >= 15 is 0 Å². The van der Waals surface area contributed by atoms with Crippen molar-refractivity contribution >= 4 is 22.9 Å². The van der Waals surface area contributed by atoms with Crippen LogP contribution < -0.4 is 11.1 Å². The summed E-state index contributed by atoms with van der Waals surface area (Å²) in [6.07, 6.45) is 4.82. The van der Waals surface area contributed by atoms with E-state index in [0.29, 0.717) is 11.5 Å². The summed E-state index contributed by atoms with van der Waals surface area (Å²) in [5.41, 5.74) is 6.52. The average Bonchev–Trinajstić information content (AvgIpc) is 2.38. The first-order valence-electron chi connectivity index (χ1n) is 6.91. The predicted octanol–water partition coefficient (Wildman–Crippen LogP) is 4.09. The fourth-order valence-corrected chi connectivity index (χ4v) is 2.20. The van der Waals surface area contributed by atoms with Crippen LogP contribution in [0.25, 0.3) is 0 Å². The molecule has 0 amide bonds. The second-order valence-corrected chi connectivity index (χ2v) is 5.30. The molecular weight excluding hydrogens is 259 g/mol. The van der Waals surface area contributed by atoms with Gasteiger partial charge in [0.15, 0.2) is 0 Å². The maximum Gasteiger partial charge on any atom is 0.135 e. The van der Waals surface area contributed by atoms with E-state index in [0.717, 1.165) is 18.7 Å². The van der Waals surface area contributed by atoms with Crippen LogP contribution in [0.4, 0.5) is 10.1 Å². The lowest BCUT2D eigenvalue weighted by Crippen LogP contribution is -2.15. The Morgan fingerprint density at radius 2 is 2.16 bits per heavy atom. The third-order valence-corrected chi connectivity index (χ3v) is 3.59. The SMILES string of the molecule is CCCCC(CC)CNc1ccc(C(N)=S)c(F)c1. The van der Waals surface area contributed by atoms with Crippen molar-refractivity contribution in [2.75, 3.05) is 11.9 Å². The molecule has 1 unspecified atom stereocenters. The Labute approximate surface area is 120 Å². The number of hydrogen-bond acceptors (Lipinski definition) is 2. The standard InChI is InChI=1S/C15H23FN2S/c1-3-5-6-11(4-2)10-18-12-7-8-13(15(17)19)14(16)9-12/h7-9,11,18H,3-6,10H2,1-2H3,(H2,17,19). The molecule has 0 aliphatic carbocycles. The zero-order chi connectivity index (χ0) is 14.3. The molecule has 1 rings (SSSR count). The van der Waals surface area contributed by atoms with Gasteiger partial charge in [0, 0.05) is 17.8 Å². The highest BCUT2D eigenvalue weighted by atomic mass is 32.1. The molecule has 0 fully saturated rings. The van der Waals surface area contributed by atoms with E-state index in [-0.39, 0.29) is 10.8 Å². The van der Waals surface area contributed by atoms with Crippen LogP contribution in [0.1, 0.15) is 45.1 Å². The van der Waals surface area contributed by atoms with E-state index in [9.17, 15) is 4.39 Å². The minimum atomic E-state index is -0.362. The quantitative estimate of drug-likeness (QED) is 0.705. The highest BCUT2D eigenvalue weighted by molar-refractivity contribution is 7.80. The number of nitrogens with one attached hydrogen (secondary N) is 1. The number of hydrogen-bond donors (Lipinski definition) is 2. The molecule has 0 aliphatic rings. The van der Waals surface area contributed by atoms with E-state index in [1.165, 1.54) is 25.3 Å². The summed E-state index contributed by atoms with van der Waals surface area (Å²) in [6.45, 7) is 5.27. The number of rotatable bonds is 8. The number of benzene rings is 1. The van der Waals surface area contributed by atoms with E-state index in [4.69, 9.17) is 18.0 Å². The van der Waals surface area contributed by atoms with Gasteiger partial charge in [0.2, 0.25) is 0 Å². The van der Waals surface area contributed by atoms with Crippen molar-refractivity contribution in [1.29, 1.82) is 0 Å². The fourth-order valence-electron chi connectivity index (χ4n) is 2.03. The number of anilines is 1. The predicted molar refractivity (Wildman–Crippen MR) is 84.1 cm³/mol. The third-order valence-electron chi connectivity index (χ3n) is 3.37. The van der Waals surface area contributed by atoms with Crippen LogP contribution in [0.15, 0.2) is 18.2 Å². The minimum absolute atomic E-state index is 0.0958. The molecule has 0 aromatic heterocycles. The normalized spacial score (nSPS) is 12.2. The van der Waals surface area contributed by atoms with Crippen molar-refractivity contribution in [2.24, 2.45) is 11.7 Å². The van der Waals surface area contributed by atoms with Gasteiger partial charge in [-0.05, 0) is 30.5 Å². The summed E-state index contributed by atoms with van der Waals surface area (Å²) in [5, 5.41) is 3.29. The maximum absolute atomic E-state index is 13.7. The maximum atomic E-state index is 13.7. The molecule has 19 heavy (non-hydrogen) atoms. The largest absolute Gasteiger partial charge is 0.389 e. The molecule has 0 heterocycles. The lowest BCUT2D eigenvalue weighted by atomic mass is 9.99. The van der Waals surface area contributed by atoms with Crippen LogP contribution in [-0.4, -0.2) is 11.5 Å². The van der Waals surface area contributed by atoms with Gasteiger partial charge in [0.25, 0.3) is 0 Å². The van der Waals surface area contributed by atoms with Gasteiger partial charge >= 0.3 is 0 Å². The van der Waals surface area contributed by atoms with Crippen LogP contribution in [0.2, 0.25) is 0 Å². The second-order valence-electron chi connectivity index (χ2n) is 4.86. The minimum Gasteiger partial charge on any atom is -0.389 e. The van der Waals surface area contributed by atoms with Gasteiger partial charge in [-0.25, -0.2) is 4.39 Å². The van der Waals surface area contributed by atoms with E-state index in [2.05, 4.69) is 19.2 Å². The molecule has 0 saturated carbocycles. The summed E-state index contributed by atoms with van der Waals surface area (Å²) < 4.78 is 13.7. The Morgan fingerprint density at radius 1 is 1.42 bits per heavy atom. The topological polar surface area (TPSA) is 38.0 Å². The van der Waals surface area contributed by atoms with Crippen LogP contribution in [0, 0.1) is 11.7 Å². The van der Waals surface area contributed by atoms with Crippen LogP contribution in [-0.2, 0) is 0 Å². The Kier molecular flexibility index (Phi) is 6.78. The molecule has 1 atom stereocenters. The molecule has 0 saturated heterocycles. The van der Waals surface area contributed by atoms with Crippen LogP contribution in [0.5, 0.6) is 0 Å². The lowest BCUT2D eigenvalue weighted by Gasteiger charge is -2.16. The summed E-state index contributed by atoms with van der Waals surface area (Å²) in [5.74, 6) is 0.275. The van der Waals surface area contributed by atoms with Gasteiger partial charge in [-0.1, -0.05) is 45.3 Å². The summed E-state index contributed by atoms with van der Waals surface area (Å²) >= 11 is 4.78. The molecular formula is C15H23FN2S. The highest BCUT2D eigenvalue weighted by Crippen LogP contribution is 2.17. The Balaban J connectivity index is 2.57. The first-order chi connectivity index (χ1) is 9.08. The van der Waals surface area contributed by atoms with Crippen molar-refractivity contribution in [3.8, 4) is 0 Å². The van der Waals surface area contributed by atoms with E-state index in [1.807, 2.05) is 6.07 Å². The average molecular weight is 282 g/mol. The van der Waals surface area contributed by atoms with Gasteiger partial charge in [-0.3, -0.25) is 0 Å². The van der Waals surface area contributed by atoms with Crippen molar-refractivity contribution in [3.63, 3.8) is 0 Å². The zero-order valence-corrected chi connectivity index (χ0v) is 12.5. The molecule has 0 bridgehead atoms. The van der Waals surface area contributed by atoms with E-state index < -0.39 is 0 Å². The van der Waals surface area contributed by atoms with Crippen molar-refractivity contribution in [2.45, 2.75) is 39.5 Å². The van der Waals surface area contributed by atoms with Gasteiger partial charge in [-0.15, -0.1) is 0 Å². The molecule has 4 heteroatoms. The molecule has 0 radical (unpaired) electrons. The smallest absolute Gasteiger partial charge is 0.135 e. The first-order valence-corrected chi connectivity index (χ1v) is 7.32. The number of nitrogens with two attached hydrogens (primary N) is 1. The Bertz CT molecular complexity index is 421. The molecule has 0 aliphatic heterocycles. The highest BCUT2D eigenvalue weighted by Gasteiger charge is 2.08. The number of thiocarbonyl (C=S) groups is 1. The van der Waals surface area contributed by atoms with Gasteiger partial charge in [-0.2, -0.15) is 0 Å². The van der Waals surface area contributed by atoms with E-state index in [1.54, 1.807) is 6.07 Å². The van der Waals surface area contributed by atoms with Crippen molar-refractivity contribution in [3.05, 3.63) is 29.6 Å². The summed E-state index contributed by atoms with van der Waals surface area (Å²) in [4.78, 5) is 0.0958. The van der Waals surface area contributed by atoms with Crippen LogP contribution in [0.3, 0.4) is 0 Å². The molecule has 1 aromatic rings. The molecule has 3 N–H and O–H groups in total. The summed E-state index contributed by atoms with van der Waals surface area (Å²) in [7, 11) is 0. The summed E-state index contributed by atoms with van der Waals surface area (Å²) in [6, 6.07) is 4.91. The Hall–Kier alpha value is -1.16. The first kappa shape index (κ1) is 15.9. The lowest BCUT2D eigenvalue weighted by molar-refractivity contribution is 0.472. The monoisotopic (exact) mass is 282 g/mol. The number of halogens is 1. The second kappa shape index (κ2) is 8.10. The van der Waals surface area contributed by atoms with Gasteiger partial charge in [0.05, 0.1) is 0 Å². The molecule has 1 aromatic carbocycles. The van der Waals surface area contributed by atoms with Crippen molar-refractivity contribution < 1.29 is 4.39 Å². The zero-order valence-electron chi connectivity index (χ0n) is 11.7. The molecule has 0 spiro atoms. The Morgan fingerprint density at radius 3 is 2.68 bits per heavy atom. The van der Waals surface area contributed by atoms with Crippen LogP contribution >= 0.6 is 12.2 Å². The molecule has 2 nitrogen and oxygen atoms in total.